The number of rotatable bonds is 7. The number of likely N-dealkylation sites (N-methyl/N-ethyl adjacent to an activating group) is 1. The Bertz CT molecular complexity index is 666. The maximum absolute atomic E-state index is 12.5. The van der Waals surface area contributed by atoms with Crippen LogP contribution in [0.25, 0.3) is 0 Å². The van der Waals surface area contributed by atoms with Crippen LogP contribution in [0.3, 0.4) is 0 Å². The van der Waals surface area contributed by atoms with Gasteiger partial charge in [0, 0.05) is 18.5 Å². The molecule has 0 saturated heterocycles. The molecule has 2 aromatic rings. The molecule has 0 spiro atoms. The Balaban J connectivity index is 2.04. The molecule has 0 radical (unpaired) electrons. The van der Waals surface area contributed by atoms with Gasteiger partial charge in [-0.3, -0.25) is 0 Å². The Kier molecular flexibility index (Phi) is 5.52. The molecule has 4 nitrogen and oxygen atoms in total. The normalized spacial score (nSPS) is 12.0. The van der Waals surface area contributed by atoms with Crippen LogP contribution in [-0.2, 0) is 22.9 Å². The number of nitrogens with two attached hydrogens (primary N) is 1. The Morgan fingerprint density at radius 2 is 1.81 bits per heavy atom. The Morgan fingerprint density at radius 3 is 2.48 bits per heavy atom. The monoisotopic (exact) mass is 324 g/mol. The van der Waals surface area contributed by atoms with Gasteiger partial charge in [0.05, 0.1) is 0 Å². The van der Waals surface area contributed by atoms with Crippen LogP contribution in [0.15, 0.2) is 46.7 Å². The molecule has 0 unspecified atom stereocenters. The fourth-order valence-electron chi connectivity index (χ4n) is 1.98. The third-order valence-electron chi connectivity index (χ3n) is 3.25. The van der Waals surface area contributed by atoms with Gasteiger partial charge < -0.3 is 5.73 Å². The fourth-order valence-corrected chi connectivity index (χ4v) is 4.73. The smallest absolute Gasteiger partial charge is 0.252 e. The summed E-state index contributed by atoms with van der Waals surface area (Å²) in [5.41, 5.74) is 6.63. The summed E-state index contributed by atoms with van der Waals surface area (Å²) in [6.45, 7) is 1.00. The molecule has 114 valence electrons. The van der Waals surface area contributed by atoms with Gasteiger partial charge in [0.2, 0.25) is 0 Å². The van der Waals surface area contributed by atoms with Crippen LogP contribution in [0.2, 0.25) is 0 Å². The lowest BCUT2D eigenvalue weighted by Crippen LogP contribution is -2.28. The van der Waals surface area contributed by atoms with E-state index in [1.165, 1.54) is 15.6 Å². The van der Waals surface area contributed by atoms with Crippen molar-refractivity contribution in [2.45, 2.75) is 17.1 Å². The number of sulfonamides is 1. The predicted molar refractivity (Wildman–Crippen MR) is 87.0 cm³/mol. The van der Waals surface area contributed by atoms with Crippen molar-refractivity contribution in [2.24, 2.45) is 5.73 Å². The summed E-state index contributed by atoms with van der Waals surface area (Å²) in [5, 5.41) is 0. The van der Waals surface area contributed by atoms with Crippen LogP contribution in [0.5, 0.6) is 0 Å². The first-order chi connectivity index (χ1) is 10.0. The van der Waals surface area contributed by atoms with Gasteiger partial charge >= 0.3 is 0 Å². The molecule has 0 atom stereocenters. The van der Waals surface area contributed by atoms with Crippen LogP contribution in [-0.4, -0.2) is 32.9 Å². The number of thiophene rings is 1. The van der Waals surface area contributed by atoms with Gasteiger partial charge in [-0.2, -0.15) is 4.31 Å². The lowest BCUT2D eigenvalue weighted by Gasteiger charge is -2.15. The minimum Gasteiger partial charge on any atom is -0.330 e. The Morgan fingerprint density at radius 1 is 1.10 bits per heavy atom. The van der Waals surface area contributed by atoms with Gasteiger partial charge in [0.25, 0.3) is 10.0 Å². The topological polar surface area (TPSA) is 63.4 Å². The number of benzene rings is 1. The van der Waals surface area contributed by atoms with E-state index in [2.05, 4.69) is 0 Å². The minimum atomic E-state index is -3.40. The van der Waals surface area contributed by atoms with Crippen LogP contribution in [0.4, 0.5) is 0 Å². The molecule has 0 saturated carbocycles. The van der Waals surface area contributed by atoms with Gasteiger partial charge in [0.15, 0.2) is 0 Å². The molecule has 0 amide bonds. The second-order valence-electron chi connectivity index (χ2n) is 4.82. The molecule has 0 aliphatic heterocycles. The molecule has 0 aliphatic carbocycles. The summed E-state index contributed by atoms with van der Waals surface area (Å²) < 4.78 is 26.8. The molecule has 0 fully saturated rings. The second-order valence-corrected chi connectivity index (χ2v) is 8.26. The average Bonchev–Trinajstić information content (AvgIpc) is 2.95. The van der Waals surface area contributed by atoms with Crippen LogP contribution in [0.1, 0.15) is 10.4 Å². The van der Waals surface area contributed by atoms with E-state index in [-0.39, 0.29) is 0 Å². The van der Waals surface area contributed by atoms with Crippen LogP contribution in [0, 0.1) is 0 Å². The third-order valence-corrected chi connectivity index (χ3v) is 6.72. The summed E-state index contributed by atoms with van der Waals surface area (Å²) >= 11 is 1.30. The summed E-state index contributed by atoms with van der Waals surface area (Å²) in [6.07, 6.45) is 1.42. The number of nitrogens with zero attached hydrogens (tertiary/aromatic N) is 1. The summed E-state index contributed by atoms with van der Waals surface area (Å²) in [7, 11) is -1.77. The fraction of sp³-hybridized carbons (Fsp3) is 0.333. The highest BCUT2D eigenvalue weighted by Gasteiger charge is 2.22. The van der Waals surface area contributed by atoms with Crippen molar-refractivity contribution in [3.8, 4) is 0 Å². The highest BCUT2D eigenvalue weighted by Crippen LogP contribution is 2.24. The second kappa shape index (κ2) is 7.17. The van der Waals surface area contributed by atoms with Gasteiger partial charge in [-0.1, -0.05) is 30.3 Å². The first kappa shape index (κ1) is 16.2. The average molecular weight is 324 g/mol. The maximum atomic E-state index is 12.5. The van der Waals surface area contributed by atoms with E-state index >= 15 is 0 Å². The summed E-state index contributed by atoms with van der Waals surface area (Å²) in [6, 6.07) is 13.4. The van der Waals surface area contributed by atoms with E-state index in [0.29, 0.717) is 30.1 Å². The number of hydrogen-bond acceptors (Lipinski definition) is 4. The quantitative estimate of drug-likeness (QED) is 0.848. The van der Waals surface area contributed by atoms with Crippen molar-refractivity contribution in [1.82, 2.24) is 4.31 Å². The minimum absolute atomic E-state index is 0.390. The molecule has 2 rings (SSSR count). The largest absolute Gasteiger partial charge is 0.330 e. The Labute approximate surface area is 130 Å². The molecule has 1 heterocycles. The lowest BCUT2D eigenvalue weighted by molar-refractivity contribution is 0.474. The highest BCUT2D eigenvalue weighted by molar-refractivity contribution is 7.91. The first-order valence-corrected chi connectivity index (χ1v) is 9.09. The molecule has 2 N–H and O–H groups in total. The molecule has 1 aromatic heterocycles. The molecule has 0 bridgehead atoms. The predicted octanol–water partition coefficient (Wildman–Crippen LogP) is 2.11. The molecule has 1 aromatic carbocycles. The van der Waals surface area contributed by atoms with Crippen molar-refractivity contribution >= 4 is 21.4 Å². The van der Waals surface area contributed by atoms with Crippen molar-refractivity contribution in [3.05, 3.63) is 52.9 Å². The molecule has 21 heavy (non-hydrogen) atoms. The van der Waals surface area contributed by atoms with Crippen LogP contribution < -0.4 is 5.73 Å². The van der Waals surface area contributed by atoms with Crippen molar-refractivity contribution < 1.29 is 8.42 Å². The zero-order chi connectivity index (χ0) is 15.3. The lowest BCUT2D eigenvalue weighted by atomic mass is 10.2. The van der Waals surface area contributed by atoms with Crippen LogP contribution >= 0.6 is 11.3 Å². The highest BCUT2D eigenvalue weighted by atomic mass is 32.2. The first-order valence-electron chi connectivity index (χ1n) is 6.83. The zero-order valence-corrected chi connectivity index (χ0v) is 13.7. The van der Waals surface area contributed by atoms with Gasteiger partial charge in [-0.15, -0.1) is 11.3 Å². The van der Waals surface area contributed by atoms with Gasteiger partial charge in [-0.25, -0.2) is 8.42 Å². The van der Waals surface area contributed by atoms with E-state index in [9.17, 15) is 8.42 Å². The standard InChI is InChI=1S/C15H20N2O2S2/c1-17(12-10-13-5-3-2-4-6-13)21(18,19)15-8-7-14(20-15)9-11-16/h2-8H,9-12,16H2,1H3. The molecule has 6 heteroatoms. The van der Waals surface area contributed by atoms with E-state index in [1.54, 1.807) is 13.1 Å². The van der Waals surface area contributed by atoms with Crippen molar-refractivity contribution in [2.75, 3.05) is 20.1 Å². The summed E-state index contributed by atoms with van der Waals surface area (Å²) in [5.74, 6) is 0. The summed E-state index contributed by atoms with van der Waals surface area (Å²) in [4.78, 5) is 1.01. The van der Waals surface area contributed by atoms with Crippen molar-refractivity contribution in [1.29, 1.82) is 0 Å². The maximum Gasteiger partial charge on any atom is 0.252 e. The van der Waals surface area contributed by atoms with Crippen molar-refractivity contribution in [3.63, 3.8) is 0 Å². The number of hydrogen-bond donors (Lipinski definition) is 1. The van der Waals surface area contributed by atoms with E-state index in [1.807, 2.05) is 36.4 Å². The van der Waals surface area contributed by atoms with E-state index in [0.717, 1.165) is 10.4 Å². The zero-order valence-electron chi connectivity index (χ0n) is 12.0. The third kappa shape index (κ3) is 4.14. The molecular formula is C15H20N2O2S2. The molecule has 0 aliphatic rings. The van der Waals surface area contributed by atoms with E-state index < -0.39 is 10.0 Å². The van der Waals surface area contributed by atoms with E-state index in [4.69, 9.17) is 5.73 Å². The van der Waals surface area contributed by atoms with Gasteiger partial charge in [-0.05, 0) is 37.1 Å². The SMILES string of the molecule is CN(CCc1ccccc1)S(=O)(=O)c1ccc(CCN)s1. The molecular weight excluding hydrogens is 304 g/mol. The Hall–Kier alpha value is -1.21. The van der Waals surface area contributed by atoms with Gasteiger partial charge in [0.1, 0.15) is 4.21 Å².